The van der Waals surface area contributed by atoms with E-state index in [9.17, 15) is 9.59 Å². The molecular weight excluding hydrogens is 416 g/mol. The van der Waals surface area contributed by atoms with E-state index in [0.29, 0.717) is 39.1 Å². The monoisotopic (exact) mass is 436 g/mol. The molecule has 7 nitrogen and oxygen atoms in total. The third kappa shape index (κ3) is 3.73. The van der Waals surface area contributed by atoms with E-state index in [-0.39, 0.29) is 11.6 Å². The molecule has 2 aromatic carbocycles. The summed E-state index contributed by atoms with van der Waals surface area (Å²) in [5, 5.41) is 4.99. The summed E-state index contributed by atoms with van der Waals surface area (Å²) in [6, 6.07) is 15.6. The summed E-state index contributed by atoms with van der Waals surface area (Å²) in [6.07, 6.45) is 0. The van der Waals surface area contributed by atoms with E-state index in [4.69, 9.17) is 14.2 Å². The van der Waals surface area contributed by atoms with Crippen molar-refractivity contribution in [3.63, 3.8) is 0 Å². The van der Waals surface area contributed by atoms with Crippen LogP contribution in [0.25, 0.3) is 5.57 Å². The highest BCUT2D eigenvalue weighted by Crippen LogP contribution is 2.37. The maximum absolute atomic E-state index is 13.4. The van der Waals surface area contributed by atoms with E-state index in [1.807, 2.05) is 17.5 Å². The molecule has 31 heavy (non-hydrogen) atoms. The molecule has 4 rings (SSSR count). The van der Waals surface area contributed by atoms with E-state index < -0.39 is 5.91 Å². The van der Waals surface area contributed by atoms with Gasteiger partial charge in [0.15, 0.2) is 11.5 Å². The fourth-order valence-electron chi connectivity index (χ4n) is 3.32. The first-order chi connectivity index (χ1) is 15.1. The molecule has 0 fully saturated rings. The number of carbonyl (C=O) groups excluding carboxylic acids is 2. The number of carbonyl (C=O) groups is 2. The first-order valence-corrected chi connectivity index (χ1v) is 10.3. The highest BCUT2D eigenvalue weighted by Gasteiger charge is 2.40. The lowest BCUT2D eigenvalue weighted by atomic mass is 10.1. The Morgan fingerprint density at radius 3 is 2.19 bits per heavy atom. The molecule has 0 spiro atoms. The standard InChI is InChI=1S/C23H20N2O5S/c1-28-16-9-7-15(8-10-16)25-22(26)20(19-5-4-12-31-19)21(23(25)27)24-14-6-11-17(29-2)18(13-14)30-3/h4-13,24H,1-3H3. The van der Waals surface area contributed by atoms with Crippen LogP contribution in [0.2, 0.25) is 0 Å². The second-order valence-electron chi connectivity index (χ2n) is 6.57. The van der Waals surface area contributed by atoms with Crippen LogP contribution in [-0.4, -0.2) is 33.1 Å². The number of hydrogen-bond donors (Lipinski definition) is 1. The van der Waals surface area contributed by atoms with Crippen molar-refractivity contribution < 1.29 is 23.8 Å². The molecule has 2 heterocycles. The largest absolute Gasteiger partial charge is 0.497 e. The zero-order chi connectivity index (χ0) is 22.0. The van der Waals surface area contributed by atoms with Crippen molar-refractivity contribution in [1.29, 1.82) is 0 Å². The SMILES string of the molecule is COc1ccc(N2C(=O)C(Nc3ccc(OC)c(OC)c3)=C(c3cccs3)C2=O)cc1. The number of thiophene rings is 1. The Morgan fingerprint density at radius 2 is 1.58 bits per heavy atom. The van der Waals surface area contributed by atoms with E-state index in [2.05, 4.69) is 5.32 Å². The lowest BCUT2D eigenvalue weighted by Gasteiger charge is -2.16. The molecular formula is C23H20N2O5S. The molecule has 1 aliphatic rings. The lowest BCUT2D eigenvalue weighted by molar-refractivity contribution is -0.120. The molecule has 0 atom stereocenters. The molecule has 0 saturated heterocycles. The van der Waals surface area contributed by atoms with Crippen LogP contribution in [0.3, 0.4) is 0 Å². The number of benzene rings is 2. The Bertz CT molecular complexity index is 1150. The van der Waals surface area contributed by atoms with Crippen molar-refractivity contribution in [2.75, 3.05) is 31.5 Å². The summed E-state index contributed by atoms with van der Waals surface area (Å²) in [4.78, 5) is 28.6. The Morgan fingerprint density at radius 1 is 0.839 bits per heavy atom. The fourth-order valence-corrected chi connectivity index (χ4v) is 4.09. The van der Waals surface area contributed by atoms with Gasteiger partial charge in [0.05, 0.1) is 32.6 Å². The molecule has 0 bridgehead atoms. The number of imide groups is 1. The number of nitrogens with zero attached hydrogens (tertiary/aromatic N) is 1. The molecule has 0 unspecified atom stereocenters. The Balaban J connectivity index is 1.75. The van der Waals surface area contributed by atoms with Crippen LogP contribution in [0.5, 0.6) is 17.2 Å². The molecule has 1 aromatic heterocycles. The van der Waals surface area contributed by atoms with Crippen LogP contribution in [0.4, 0.5) is 11.4 Å². The van der Waals surface area contributed by atoms with Crippen molar-refractivity contribution in [2.45, 2.75) is 0 Å². The fraction of sp³-hybridized carbons (Fsp3) is 0.130. The van der Waals surface area contributed by atoms with Crippen molar-refractivity contribution in [2.24, 2.45) is 0 Å². The smallest absolute Gasteiger partial charge is 0.282 e. The molecule has 158 valence electrons. The van der Waals surface area contributed by atoms with E-state index in [0.717, 1.165) is 4.90 Å². The van der Waals surface area contributed by atoms with Crippen LogP contribution in [0.1, 0.15) is 4.88 Å². The van der Waals surface area contributed by atoms with Crippen LogP contribution in [-0.2, 0) is 9.59 Å². The maximum atomic E-state index is 13.4. The zero-order valence-electron chi connectivity index (χ0n) is 17.2. The molecule has 0 saturated carbocycles. The van der Waals surface area contributed by atoms with Gasteiger partial charge < -0.3 is 19.5 Å². The Labute approximate surface area is 183 Å². The van der Waals surface area contributed by atoms with Crippen LogP contribution in [0.15, 0.2) is 65.7 Å². The predicted molar refractivity (Wildman–Crippen MR) is 120 cm³/mol. The van der Waals surface area contributed by atoms with E-state index in [1.54, 1.807) is 56.7 Å². The highest BCUT2D eigenvalue weighted by molar-refractivity contribution is 7.11. The molecule has 0 aliphatic carbocycles. The molecule has 0 radical (unpaired) electrons. The van der Waals surface area contributed by atoms with Gasteiger partial charge in [-0.3, -0.25) is 9.59 Å². The second kappa shape index (κ2) is 8.53. The van der Waals surface area contributed by atoms with Gasteiger partial charge in [-0.1, -0.05) is 6.07 Å². The minimum Gasteiger partial charge on any atom is -0.497 e. The van der Waals surface area contributed by atoms with Gasteiger partial charge in [0.25, 0.3) is 11.8 Å². The van der Waals surface area contributed by atoms with E-state index in [1.165, 1.54) is 18.4 Å². The van der Waals surface area contributed by atoms with Gasteiger partial charge in [0.1, 0.15) is 11.4 Å². The summed E-state index contributed by atoms with van der Waals surface area (Å²) in [5.74, 6) is 0.885. The number of nitrogens with one attached hydrogen (secondary N) is 1. The highest BCUT2D eigenvalue weighted by atomic mass is 32.1. The van der Waals surface area contributed by atoms with Gasteiger partial charge in [-0.05, 0) is 47.8 Å². The van der Waals surface area contributed by atoms with E-state index >= 15 is 0 Å². The van der Waals surface area contributed by atoms with Crippen molar-refractivity contribution >= 4 is 40.1 Å². The predicted octanol–water partition coefficient (Wildman–Crippen LogP) is 4.17. The second-order valence-corrected chi connectivity index (χ2v) is 7.51. The number of amides is 2. The van der Waals surface area contributed by atoms with Gasteiger partial charge in [0, 0.05) is 16.6 Å². The van der Waals surface area contributed by atoms with Crippen molar-refractivity contribution in [1.82, 2.24) is 0 Å². The first kappa shape index (κ1) is 20.5. The molecule has 1 N–H and O–H groups in total. The minimum absolute atomic E-state index is 0.204. The first-order valence-electron chi connectivity index (χ1n) is 9.37. The molecule has 2 amide bonds. The summed E-state index contributed by atoms with van der Waals surface area (Å²) in [5.41, 5.74) is 1.59. The third-order valence-corrected chi connectivity index (χ3v) is 5.72. The third-order valence-electron chi connectivity index (χ3n) is 4.83. The molecule has 8 heteroatoms. The van der Waals surface area contributed by atoms with Crippen LogP contribution < -0.4 is 24.4 Å². The van der Waals surface area contributed by atoms with Gasteiger partial charge >= 0.3 is 0 Å². The zero-order valence-corrected chi connectivity index (χ0v) is 18.0. The van der Waals surface area contributed by atoms with Gasteiger partial charge in [-0.2, -0.15) is 0 Å². The molecule has 1 aliphatic heterocycles. The summed E-state index contributed by atoms with van der Waals surface area (Å²) >= 11 is 1.40. The minimum atomic E-state index is -0.437. The number of anilines is 2. The van der Waals surface area contributed by atoms with Crippen molar-refractivity contribution in [3.05, 3.63) is 70.6 Å². The van der Waals surface area contributed by atoms with Crippen molar-refractivity contribution in [3.8, 4) is 17.2 Å². The summed E-state index contributed by atoms with van der Waals surface area (Å²) in [6.45, 7) is 0. The Kier molecular flexibility index (Phi) is 5.64. The topological polar surface area (TPSA) is 77.1 Å². The normalized spacial score (nSPS) is 13.6. The number of ether oxygens (including phenoxy) is 3. The van der Waals surface area contributed by atoms with Gasteiger partial charge in [-0.15, -0.1) is 11.3 Å². The van der Waals surface area contributed by atoms with Crippen LogP contribution >= 0.6 is 11.3 Å². The molecule has 3 aromatic rings. The lowest BCUT2D eigenvalue weighted by Crippen LogP contribution is -2.32. The number of rotatable bonds is 7. The maximum Gasteiger partial charge on any atom is 0.282 e. The summed E-state index contributed by atoms with van der Waals surface area (Å²) in [7, 11) is 4.64. The summed E-state index contributed by atoms with van der Waals surface area (Å²) < 4.78 is 15.8. The number of hydrogen-bond acceptors (Lipinski definition) is 7. The Hall–Kier alpha value is -3.78. The van der Waals surface area contributed by atoms with Gasteiger partial charge in [-0.25, -0.2) is 4.90 Å². The average molecular weight is 436 g/mol. The quantitative estimate of drug-likeness (QED) is 0.560. The van der Waals surface area contributed by atoms with Crippen LogP contribution in [0, 0.1) is 0 Å². The average Bonchev–Trinajstić information content (AvgIpc) is 3.40. The number of methoxy groups -OCH3 is 3. The van der Waals surface area contributed by atoms with Gasteiger partial charge in [0.2, 0.25) is 0 Å².